The molecule has 2 aromatic rings. The molecule has 0 radical (unpaired) electrons. The number of carbonyl (C=O) groups excluding carboxylic acids is 1. The number of halogens is 1. The fraction of sp³-hybridized carbons (Fsp3) is 0.308. The number of benzene rings is 1. The molecule has 0 amide bonds. The number of hydrogen-bond donors (Lipinski definition) is 0. The molecule has 0 saturated carbocycles. The summed E-state index contributed by atoms with van der Waals surface area (Å²) in [5.41, 5.74) is 0.550. The van der Waals surface area contributed by atoms with Crippen LogP contribution >= 0.6 is 0 Å². The van der Waals surface area contributed by atoms with Gasteiger partial charge >= 0.3 is 0 Å². The van der Waals surface area contributed by atoms with Gasteiger partial charge in [0.25, 0.3) is 0 Å². The van der Waals surface area contributed by atoms with Crippen LogP contribution in [-0.4, -0.2) is 5.78 Å². The van der Waals surface area contributed by atoms with Crippen LogP contribution in [0.4, 0.5) is 4.39 Å². The zero-order valence-electron chi connectivity index (χ0n) is 9.29. The second kappa shape index (κ2) is 4.08. The summed E-state index contributed by atoms with van der Waals surface area (Å²) in [4.78, 5) is 11.7. The molecule has 84 valence electrons. The zero-order valence-corrected chi connectivity index (χ0v) is 9.29. The summed E-state index contributed by atoms with van der Waals surface area (Å²) in [6.45, 7) is 3.94. The van der Waals surface area contributed by atoms with Crippen LogP contribution in [0.3, 0.4) is 0 Å². The van der Waals surface area contributed by atoms with Crippen molar-refractivity contribution in [2.75, 3.05) is 0 Å². The molecule has 1 heterocycles. The summed E-state index contributed by atoms with van der Waals surface area (Å²) in [6, 6.07) is 5.83. The lowest BCUT2D eigenvalue weighted by Gasteiger charge is -1.99. The SMILES string of the molecule is CC(C)CC(=O)c1cc2cc(F)ccc2o1. The Morgan fingerprint density at radius 1 is 1.38 bits per heavy atom. The van der Waals surface area contributed by atoms with Gasteiger partial charge in [-0.05, 0) is 30.2 Å². The van der Waals surface area contributed by atoms with Crippen molar-refractivity contribution in [1.29, 1.82) is 0 Å². The van der Waals surface area contributed by atoms with Crippen LogP contribution in [0.5, 0.6) is 0 Å². The summed E-state index contributed by atoms with van der Waals surface area (Å²) in [7, 11) is 0. The highest BCUT2D eigenvalue weighted by atomic mass is 19.1. The lowest BCUT2D eigenvalue weighted by molar-refractivity contribution is 0.0943. The van der Waals surface area contributed by atoms with Gasteiger partial charge in [-0.3, -0.25) is 4.79 Å². The molecule has 0 unspecified atom stereocenters. The highest BCUT2D eigenvalue weighted by molar-refractivity contribution is 5.97. The molecule has 0 saturated heterocycles. The third kappa shape index (κ3) is 2.13. The maximum atomic E-state index is 12.9. The van der Waals surface area contributed by atoms with Crippen molar-refractivity contribution in [3.63, 3.8) is 0 Å². The fourth-order valence-electron chi connectivity index (χ4n) is 1.62. The molecule has 0 spiro atoms. The molecule has 0 bridgehead atoms. The molecule has 0 fully saturated rings. The smallest absolute Gasteiger partial charge is 0.198 e. The zero-order chi connectivity index (χ0) is 11.7. The third-order valence-electron chi connectivity index (χ3n) is 2.35. The van der Waals surface area contributed by atoms with E-state index >= 15 is 0 Å². The van der Waals surface area contributed by atoms with Gasteiger partial charge in [-0.1, -0.05) is 13.8 Å². The molecular formula is C13H13FO2. The van der Waals surface area contributed by atoms with Gasteiger partial charge in [0.15, 0.2) is 11.5 Å². The maximum absolute atomic E-state index is 12.9. The molecule has 2 rings (SSSR count). The molecule has 1 aromatic carbocycles. The number of furan rings is 1. The molecule has 1 aromatic heterocycles. The molecule has 2 nitrogen and oxygen atoms in total. The van der Waals surface area contributed by atoms with E-state index in [-0.39, 0.29) is 17.5 Å². The number of hydrogen-bond acceptors (Lipinski definition) is 2. The van der Waals surface area contributed by atoms with Crippen LogP contribution in [0.15, 0.2) is 28.7 Å². The second-order valence-corrected chi connectivity index (χ2v) is 4.31. The minimum Gasteiger partial charge on any atom is -0.453 e. The number of Topliss-reactive ketones (excluding diaryl/α,β-unsaturated/α-hetero) is 1. The van der Waals surface area contributed by atoms with Crippen LogP contribution in [0.25, 0.3) is 11.0 Å². The molecule has 3 heteroatoms. The summed E-state index contributed by atoms with van der Waals surface area (Å²) < 4.78 is 18.3. The Morgan fingerprint density at radius 2 is 2.12 bits per heavy atom. The summed E-state index contributed by atoms with van der Waals surface area (Å²) >= 11 is 0. The predicted octanol–water partition coefficient (Wildman–Crippen LogP) is 3.80. The fourth-order valence-corrected chi connectivity index (χ4v) is 1.62. The Morgan fingerprint density at radius 3 is 2.81 bits per heavy atom. The first-order chi connectivity index (χ1) is 7.56. The van der Waals surface area contributed by atoms with E-state index in [1.54, 1.807) is 6.07 Å². The van der Waals surface area contributed by atoms with E-state index in [0.29, 0.717) is 23.2 Å². The van der Waals surface area contributed by atoms with E-state index in [1.807, 2.05) is 13.8 Å². The Hall–Kier alpha value is -1.64. The van der Waals surface area contributed by atoms with Crippen molar-refractivity contribution in [1.82, 2.24) is 0 Å². The number of carbonyl (C=O) groups is 1. The molecule has 16 heavy (non-hydrogen) atoms. The highest BCUT2D eigenvalue weighted by Crippen LogP contribution is 2.22. The van der Waals surface area contributed by atoms with Gasteiger partial charge in [0.05, 0.1) is 0 Å². The molecule has 0 aliphatic rings. The molecule has 0 atom stereocenters. The average molecular weight is 220 g/mol. The Balaban J connectivity index is 2.36. The Labute approximate surface area is 93.1 Å². The van der Waals surface area contributed by atoms with Crippen LogP contribution < -0.4 is 0 Å². The van der Waals surface area contributed by atoms with Crippen LogP contribution in [-0.2, 0) is 0 Å². The van der Waals surface area contributed by atoms with Crippen molar-refractivity contribution in [3.05, 3.63) is 35.8 Å². The van der Waals surface area contributed by atoms with Crippen molar-refractivity contribution >= 4 is 16.8 Å². The van der Waals surface area contributed by atoms with Crippen LogP contribution in [0.2, 0.25) is 0 Å². The first-order valence-electron chi connectivity index (χ1n) is 5.28. The molecule has 0 aliphatic heterocycles. The quantitative estimate of drug-likeness (QED) is 0.736. The van der Waals surface area contributed by atoms with Crippen LogP contribution in [0, 0.1) is 11.7 Å². The predicted molar refractivity (Wildman–Crippen MR) is 60.0 cm³/mol. The molecule has 0 aliphatic carbocycles. The molecular weight excluding hydrogens is 207 g/mol. The maximum Gasteiger partial charge on any atom is 0.198 e. The van der Waals surface area contributed by atoms with Gasteiger partial charge in [0, 0.05) is 11.8 Å². The highest BCUT2D eigenvalue weighted by Gasteiger charge is 2.13. The number of ketones is 1. The summed E-state index contributed by atoms with van der Waals surface area (Å²) in [5.74, 6) is 0.245. The van der Waals surface area contributed by atoms with E-state index in [2.05, 4.69) is 0 Å². The summed E-state index contributed by atoms with van der Waals surface area (Å²) in [5, 5.41) is 0.632. The minimum atomic E-state index is -0.323. The topological polar surface area (TPSA) is 30.2 Å². The van der Waals surface area contributed by atoms with E-state index in [1.165, 1.54) is 18.2 Å². The van der Waals surface area contributed by atoms with Crippen molar-refractivity contribution in [3.8, 4) is 0 Å². The van der Waals surface area contributed by atoms with Gasteiger partial charge in [-0.25, -0.2) is 4.39 Å². The standard InChI is InChI=1S/C13H13FO2/c1-8(2)5-11(15)13-7-9-6-10(14)3-4-12(9)16-13/h3-4,6-8H,5H2,1-2H3. The summed E-state index contributed by atoms with van der Waals surface area (Å²) in [6.07, 6.45) is 0.447. The van der Waals surface area contributed by atoms with E-state index in [4.69, 9.17) is 4.42 Å². The first kappa shape index (κ1) is 10.9. The monoisotopic (exact) mass is 220 g/mol. The van der Waals surface area contributed by atoms with Crippen molar-refractivity contribution in [2.24, 2.45) is 5.92 Å². The largest absolute Gasteiger partial charge is 0.453 e. The van der Waals surface area contributed by atoms with Gasteiger partial charge in [-0.15, -0.1) is 0 Å². The van der Waals surface area contributed by atoms with Gasteiger partial charge in [0.1, 0.15) is 11.4 Å². The third-order valence-corrected chi connectivity index (χ3v) is 2.35. The molecule has 0 N–H and O–H groups in total. The normalized spacial score (nSPS) is 11.2. The van der Waals surface area contributed by atoms with Crippen LogP contribution in [0.1, 0.15) is 30.8 Å². The lowest BCUT2D eigenvalue weighted by atomic mass is 10.1. The van der Waals surface area contributed by atoms with E-state index in [0.717, 1.165) is 0 Å². The Kier molecular flexibility index (Phi) is 2.77. The van der Waals surface area contributed by atoms with Gasteiger partial charge in [-0.2, -0.15) is 0 Å². The van der Waals surface area contributed by atoms with Gasteiger partial charge < -0.3 is 4.42 Å². The minimum absolute atomic E-state index is 0.0355. The van der Waals surface area contributed by atoms with Crippen molar-refractivity contribution < 1.29 is 13.6 Å². The number of rotatable bonds is 3. The number of fused-ring (bicyclic) bond motifs is 1. The average Bonchev–Trinajstić information content (AvgIpc) is 2.59. The van der Waals surface area contributed by atoms with E-state index in [9.17, 15) is 9.18 Å². The van der Waals surface area contributed by atoms with Gasteiger partial charge in [0.2, 0.25) is 0 Å². The first-order valence-corrected chi connectivity index (χ1v) is 5.28. The van der Waals surface area contributed by atoms with Crippen molar-refractivity contribution in [2.45, 2.75) is 20.3 Å². The van der Waals surface area contributed by atoms with E-state index < -0.39 is 0 Å². The Bertz CT molecular complexity index is 526. The lowest BCUT2D eigenvalue weighted by Crippen LogP contribution is -2.01. The second-order valence-electron chi connectivity index (χ2n) is 4.31.